The van der Waals surface area contributed by atoms with Crippen LogP contribution in [0.3, 0.4) is 0 Å². The molecule has 6 rings (SSSR count). The number of aliphatic hydroxyl groups is 5. The molecule has 4 aliphatic carbocycles. The summed E-state index contributed by atoms with van der Waals surface area (Å²) in [5.74, 6) is 1.33. The van der Waals surface area contributed by atoms with E-state index in [9.17, 15) is 25.5 Å². The molecule has 0 radical (unpaired) electrons. The molecule has 4 saturated carbocycles. The fourth-order valence-electron chi connectivity index (χ4n) is 12.9. The molecule has 0 aromatic heterocycles. The lowest BCUT2D eigenvalue weighted by Gasteiger charge is -2.71. The predicted molar refractivity (Wildman–Crippen MR) is 166 cm³/mol. The average Bonchev–Trinajstić information content (AvgIpc) is 3.32. The van der Waals surface area contributed by atoms with Crippen LogP contribution in [-0.4, -0.2) is 86.3 Å². The quantitative estimate of drug-likeness (QED) is 0.289. The van der Waals surface area contributed by atoms with Crippen LogP contribution >= 0.6 is 0 Å². The molecular formula is C36H62O8. The Morgan fingerprint density at radius 3 is 2.07 bits per heavy atom. The molecule has 2 aliphatic heterocycles. The minimum absolute atomic E-state index is 0.0199. The Morgan fingerprint density at radius 1 is 0.727 bits per heavy atom. The van der Waals surface area contributed by atoms with E-state index in [1.54, 1.807) is 0 Å². The van der Waals surface area contributed by atoms with Crippen molar-refractivity contribution < 1.29 is 39.7 Å². The van der Waals surface area contributed by atoms with E-state index in [0.717, 1.165) is 57.8 Å². The Balaban J connectivity index is 1.25. The van der Waals surface area contributed by atoms with Crippen molar-refractivity contribution in [2.24, 2.45) is 45.3 Å². The van der Waals surface area contributed by atoms with Crippen molar-refractivity contribution >= 4 is 0 Å². The molecule has 8 nitrogen and oxygen atoms in total. The fraction of sp³-hybridized carbons (Fsp3) is 1.00. The van der Waals surface area contributed by atoms with Gasteiger partial charge >= 0.3 is 0 Å². The molecule has 6 aliphatic rings. The second kappa shape index (κ2) is 10.8. The van der Waals surface area contributed by atoms with Crippen LogP contribution in [0.15, 0.2) is 0 Å². The summed E-state index contributed by atoms with van der Waals surface area (Å²) in [5.41, 5.74) is -0.397. The normalized spacial score (nSPS) is 56.8. The van der Waals surface area contributed by atoms with Gasteiger partial charge in [-0.2, -0.15) is 0 Å². The van der Waals surface area contributed by atoms with Crippen molar-refractivity contribution in [3.05, 3.63) is 0 Å². The van der Waals surface area contributed by atoms with Gasteiger partial charge in [0.15, 0.2) is 6.29 Å². The van der Waals surface area contributed by atoms with E-state index >= 15 is 0 Å². The highest BCUT2D eigenvalue weighted by atomic mass is 16.7. The second-order valence-corrected chi connectivity index (χ2v) is 18.2. The summed E-state index contributed by atoms with van der Waals surface area (Å²) in [6.07, 6.45) is 3.45. The lowest BCUT2D eigenvalue weighted by molar-refractivity contribution is -0.332. The van der Waals surface area contributed by atoms with Crippen LogP contribution in [0.1, 0.15) is 120 Å². The Hall–Kier alpha value is -0.320. The molecular weight excluding hydrogens is 560 g/mol. The molecule has 44 heavy (non-hydrogen) atoms. The van der Waals surface area contributed by atoms with E-state index in [1.807, 2.05) is 0 Å². The zero-order valence-corrected chi connectivity index (χ0v) is 28.6. The predicted octanol–water partition coefficient (Wildman–Crippen LogP) is 4.57. The van der Waals surface area contributed by atoms with E-state index in [4.69, 9.17) is 14.2 Å². The smallest absolute Gasteiger partial charge is 0.186 e. The summed E-state index contributed by atoms with van der Waals surface area (Å²) >= 11 is 0. The Kier molecular flexibility index (Phi) is 8.28. The summed E-state index contributed by atoms with van der Waals surface area (Å²) in [6.45, 7) is 18.4. The van der Waals surface area contributed by atoms with E-state index in [-0.39, 0.29) is 51.0 Å². The van der Waals surface area contributed by atoms with Crippen molar-refractivity contribution in [3.63, 3.8) is 0 Å². The number of ether oxygens (including phenoxy) is 3. The lowest BCUT2D eigenvalue weighted by atomic mass is 9.35. The third kappa shape index (κ3) is 4.74. The topological polar surface area (TPSA) is 129 Å². The van der Waals surface area contributed by atoms with Crippen molar-refractivity contribution in [1.29, 1.82) is 0 Å². The standard InChI is InChI=1S/C36H62O8/c1-31(2)13-9-14-36(8,44-31)20-10-16-35(7)26(20)21(38)18-24-33(5)15-12-25(32(3,4)23(33)11-17-34(24,35)6)43-30-29(41)28(40)27(39)22(19-37)42-30/h20-30,37-41H,9-19H2,1-8H3/t20?,21-,22-,23?,24?,25+,26?,27-,28-,29-,30+,33+,34-,35?,36?/m1/s1. The van der Waals surface area contributed by atoms with Gasteiger partial charge in [-0.05, 0) is 130 Å². The van der Waals surface area contributed by atoms with Crippen LogP contribution in [0, 0.1) is 45.3 Å². The maximum Gasteiger partial charge on any atom is 0.186 e. The summed E-state index contributed by atoms with van der Waals surface area (Å²) in [6, 6.07) is 0. The van der Waals surface area contributed by atoms with Gasteiger partial charge in [0, 0.05) is 0 Å². The van der Waals surface area contributed by atoms with Crippen molar-refractivity contribution in [3.8, 4) is 0 Å². The summed E-state index contributed by atoms with van der Waals surface area (Å²) in [4.78, 5) is 0. The van der Waals surface area contributed by atoms with Crippen molar-refractivity contribution in [2.75, 3.05) is 6.61 Å². The fourth-order valence-corrected chi connectivity index (χ4v) is 12.9. The molecule has 6 fully saturated rings. The summed E-state index contributed by atoms with van der Waals surface area (Å²) < 4.78 is 19.1. The van der Waals surface area contributed by atoms with Gasteiger partial charge in [-0.15, -0.1) is 0 Å². The molecule has 0 amide bonds. The molecule has 2 saturated heterocycles. The first-order valence-corrected chi connectivity index (χ1v) is 17.7. The van der Waals surface area contributed by atoms with Gasteiger partial charge in [-0.3, -0.25) is 0 Å². The maximum atomic E-state index is 12.2. The molecule has 15 atom stereocenters. The lowest BCUT2D eigenvalue weighted by Crippen LogP contribution is -2.67. The third-order valence-electron chi connectivity index (χ3n) is 15.2. The highest BCUT2D eigenvalue weighted by Gasteiger charge is 2.72. The van der Waals surface area contributed by atoms with Crippen LogP contribution in [-0.2, 0) is 14.2 Å². The van der Waals surface area contributed by atoms with E-state index in [2.05, 4.69) is 55.4 Å². The Labute approximate surface area is 265 Å². The van der Waals surface area contributed by atoms with E-state index in [0.29, 0.717) is 17.8 Å². The third-order valence-corrected chi connectivity index (χ3v) is 15.2. The van der Waals surface area contributed by atoms with Gasteiger partial charge in [-0.25, -0.2) is 0 Å². The highest BCUT2D eigenvalue weighted by molar-refractivity contribution is 5.20. The first kappa shape index (κ1) is 33.6. The zero-order valence-electron chi connectivity index (χ0n) is 28.6. The number of hydrogen-bond acceptors (Lipinski definition) is 8. The second-order valence-electron chi connectivity index (χ2n) is 18.2. The number of aliphatic hydroxyl groups excluding tert-OH is 5. The van der Waals surface area contributed by atoms with Crippen molar-refractivity contribution in [2.45, 2.75) is 174 Å². The van der Waals surface area contributed by atoms with Gasteiger partial charge < -0.3 is 39.7 Å². The number of fused-ring (bicyclic) bond motifs is 5. The largest absolute Gasteiger partial charge is 0.394 e. The molecule has 0 spiro atoms. The molecule has 6 unspecified atom stereocenters. The van der Waals surface area contributed by atoms with Crippen LogP contribution < -0.4 is 0 Å². The van der Waals surface area contributed by atoms with Crippen LogP contribution in [0.5, 0.6) is 0 Å². The number of rotatable bonds is 4. The molecule has 8 heteroatoms. The molecule has 254 valence electrons. The minimum Gasteiger partial charge on any atom is -0.394 e. The molecule has 0 aromatic rings. The van der Waals surface area contributed by atoms with Gasteiger partial charge in [-0.1, -0.05) is 34.6 Å². The molecule has 0 bridgehead atoms. The summed E-state index contributed by atoms with van der Waals surface area (Å²) in [5, 5.41) is 53.2. The zero-order chi connectivity index (χ0) is 32.3. The summed E-state index contributed by atoms with van der Waals surface area (Å²) in [7, 11) is 0. The van der Waals surface area contributed by atoms with Crippen LogP contribution in [0.2, 0.25) is 0 Å². The minimum atomic E-state index is -1.45. The van der Waals surface area contributed by atoms with E-state index < -0.39 is 37.3 Å². The maximum absolute atomic E-state index is 12.2. The monoisotopic (exact) mass is 622 g/mol. The van der Waals surface area contributed by atoms with Gasteiger partial charge in [0.25, 0.3) is 0 Å². The first-order chi connectivity index (χ1) is 20.3. The van der Waals surface area contributed by atoms with E-state index in [1.165, 1.54) is 6.42 Å². The number of hydrogen-bond donors (Lipinski definition) is 5. The Bertz CT molecular complexity index is 1080. The molecule has 0 aromatic carbocycles. The Morgan fingerprint density at radius 2 is 1.41 bits per heavy atom. The van der Waals surface area contributed by atoms with Crippen LogP contribution in [0.4, 0.5) is 0 Å². The molecule has 5 N–H and O–H groups in total. The SMILES string of the molecule is CC1(C)CCCC(C)(C2CCC3(C)C2[C@H](O)CC2[C@@]4(C)CC[C@H](O[C@@H]5O[C@H](CO)[C@@H](O)[C@@H](O)[C@H]5O)C(C)(C)C4CC[C@]23C)O1. The average molecular weight is 623 g/mol. The molecule has 2 heterocycles. The van der Waals surface area contributed by atoms with Crippen molar-refractivity contribution in [1.82, 2.24) is 0 Å². The first-order valence-electron chi connectivity index (χ1n) is 17.7. The van der Waals surface area contributed by atoms with Crippen LogP contribution in [0.25, 0.3) is 0 Å². The van der Waals surface area contributed by atoms with Gasteiger partial charge in [0.05, 0.1) is 30.0 Å². The van der Waals surface area contributed by atoms with Gasteiger partial charge in [0.2, 0.25) is 0 Å². The highest BCUT2D eigenvalue weighted by Crippen LogP contribution is 2.76. The van der Waals surface area contributed by atoms with Gasteiger partial charge in [0.1, 0.15) is 24.4 Å².